The zero-order valence-corrected chi connectivity index (χ0v) is 13.0. The van der Waals surface area contributed by atoms with Gasteiger partial charge in [0, 0.05) is 5.69 Å². The third-order valence-electron chi connectivity index (χ3n) is 3.03. The molecule has 2 aromatic carbocycles. The normalized spacial score (nSPS) is 10.3. The van der Waals surface area contributed by atoms with Crippen LogP contribution in [0, 0.1) is 6.92 Å². The molecule has 6 heteroatoms. The molecule has 21 heavy (non-hydrogen) atoms. The van der Waals surface area contributed by atoms with Crippen molar-refractivity contribution >= 4 is 40.5 Å². The monoisotopic (exact) mass is 324 g/mol. The highest BCUT2D eigenvalue weighted by Gasteiger charge is 2.16. The van der Waals surface area contributed by atoms with Crippen LogP contribution in [0.2, 0.25) is 10.0 Å². The molecule has 0 aliphatic heterocycles. The highest BCUT2D eigenvalue weighted by atomic mass is 35.5. The third-order valence-corrected chi connectivity index (χ3v) is 3.83. The lowest BCUT2D eigenvalue weighted by molar-refractivity contribution is 0.102. The van der Waals surface area contributed by atoms with E-state index in [9.17, 15) is 4.79 Å². The topological polar surface area (TPSA) is 64.3 Å². The summed E-state index contributed by atoms with van der Waals surface area (Å²) in [6.45, 7) is 1.83. The van der Waals surface area contributed by atoms with Gasteiger partial charge in [-0.05, 0) is 36.8 Å². The van der Waals surface area contributed by atoms with Crippen LogP contribution in [-0.2, 0) is 0 Å². The first-order chi connectivity index (χ1) is 9.93. The van der Waals surface area contributed by atoms with E-state index in [-0.39, 0.29) is 0 Å². The molecular formula is C15H14Cl2N2O2. The Balaban J connectivity index is 2.37. The highest BCUT2D eigenvalue weighted by molar-refractivity contribution is 6.40. The number of nitrogen functional groups attached to an aromatic ring is 1. The number of halogens is 2. The van der Waals surface area contributed by atoms with Crippen LogP contribution in [0.1, 0.15) is 15.9 Å². The van der Waals surface area contributed by atoms with E-state index in [2.05, 4.69) is 5.32 Å². The molecule has 3 N–H and O–H groups in total. The number of nitrogens with two attached hydrogens (primary N) is 1. The molecule has 2 rings (SSSR count). The summed E-state index contributed by atoms with van der Waals surface area (Å²) >= 11 is 12.2. The second-order valence-electron chi connectivity index (χ2n) is 4.46. The average molecular weight is 325 g/mol. The molecule has 0 bridgehead atoms. The number of anilines is 2. The van der Waals surface area contributed by atoms with Gasteiger partial charge >= 0.3 is 0 Å². The van der Waals surface area contributed by atoms with Crippen LogP contribution in [0.5, 0.6) is 5.75 Å². The summed E-state index contributed by atoms with van der Waals surface area (Å²) in [6.07, 6.45) is 0. The first-order valence-corrected chi connectivity index (χ1v) is 6.89. The minimum absolute atomic E-state index is 0.294. The van der Waals surface area contributed by atoms with Crippen LogP contribution in [-0.4, -0.2) is 13.0 Å². The van der Waals surface area contributed by atoms with Crippen LogP contribution < -0.4 is 15.8 Å². The summed E-state index contributed by atoms with van der Waals surface area (Å²) in [5.74, 6) is 0.136. The molecule has 110 valence electrons. The fraction of sp³-hybridized carbons (Fsp3) is 0.133. The SMILES string of the molecule is COc1ccc(N)c(C(=O)Nc2c(Cl)ccc(C)c2Cl)c1. The molecule has 0 unspecified atom stereocenters. The van der Waals surface area contributed by atoms with E-state index >= 15 is 0 Å². The molecule has 2 aromatic rings. The van der Waals surface area contributed by atoms with Crippen molar-refractivity contribution in [1.82, 2.24) is 0 Å². The summed E-state index contributed by atoms with van der Waals surface area (Å²) in [7, 11) is 1.52. The predicted molar refractivity (Wildman–Crippen MR) is 86.6 cm³/mol. The van der Waals surface area contributed by atoms with Crippen molar-refractivity contribution in [2.45, 2.75) is 6.92 Å². The number of aryl methyl sites for hydroxylation is 1. The number of benzene rings is 2. The fourth-order valence-electron chi connectivity index (χ4n) is 1.81. The number of nitrogens with one attached hydrogen (secondary N) is 1. The zero-order valence-electron chi connectivity index (χ0n) is 11.5. The van der Waals surface area contributed by atoms with Crippen LogP contribution >= 0.6 is 23.2 Å². The minimum Gasteiger partial charge on any atom is -0.497 e. The van der Waals surface area contributed by atoms with Crippen LogP contribution in [0.3, 0.4) is 0 Å². The smallest absolute Gasteiger partial charge is 0.257 e. The predicted octanol–water partition coefficient (Wildman–Crippen LogP) is 4.14. The van der Waals surface area contributed by atoms with E-state index in [1.807, 2.05) is 6.92 Å². The van der Waals surface area contributed by atoms with Gasteiger partial charge in [0.2, 0.25) is 0 Å². The average Bonchev–Trinajstić information content (AvgIpc) is 2.48. The first-order valence-electron chi connectivity index (χ1n) is 6.13. The Morgan fingerprint density at radius 1 is 1.24 bits per heavy atom. The molecule has 0 aromatic heterocycles. The molecule has 0 radical (unpaired) electrons. The Hall–Kier alpha value is -1.91. The lowest BCUT2D eigenvalue weighted by Gasteiger charge is -2.13. The number of hydrogen-bond donors (Lipinski definition) is 2. The van der Waals surface area contributed by atoms with E-state index in [1.54, 1.807) is 30.3 Å². The number of rotatable bonds is 3. The Bertz CT molecular complexity index is 702. The molecule has 0 saturated heterocycles. The number of hydrogen-bond acceptors (Lipinski definition) is 3. The number of carbonyl (C=O) groups excluding carboxylic acids is 1. The molecule has 0 atom stereocenters. The minimum atomic E-state index is -0.402. The maximum Gasteiger partial charge on any atom is 0.257 e. The van der Waals surface area contributed by atoms with Gasteiger partial charge in [-0.15, -0.1) is 0 Å². The van der Waals surface area contributed by atoms with Gasteiger partial charge in [-0.3, -0.25) is 4.79 Å². The molecule has 0 spiro atoms. The van der Waals surface area contributed by atoms with E-state index in [0.29, 0.717) is 32.7 Å². The highest BCUT2D eigenvalue weighted by Crippen LogP contribution is 2.33. The van der Waals surface area contributed by atoms with Crippen LogP contribution in [0.15, 0.2) is 30.3 Å². The molecule has 0 aliphatic carbocycles. The van der Waals surface area contributed by atoms with Crippen molar-refractivity contribution in [2.75, 3.05) is 18.2 Å². The maximum absolute atomic E-state index is 12.4. The van der Waals surface area contributed by atoms with Gasteiger partial charge in [0.15, 0.2) is 0 Å². The largest absolute Gasteiger partial charge is 0.497 e. The summed E-state index contributed by atoms with van der Waals surface area (Å²) in [6, 6.07) is 8.29. The maximum atomic E-state index is 12.4. The second-order valence-corrected chi connectivity index (χ2v) is 5.25. The van der Waals surface area contributed by atoms with Crippen molar-refractivity contribution in [1.29, 1.82) is 0 Å². The Morgan fingerprint density at radius 2 is 1.95 bits per heavy atom. The molecule has 1 amide bonds. The zero-order chi connectivity index (χ0) is 15.6. The van der Waals surface area contributed by atoms with Gasteiger partial charge in [-0.1, -0.05) is 29.3 Å². The van der Waals surface area contributed by atoms with Gasteiger partial charge in [-0.25, -0.2) is 0 Å². The van der Waals surface area contributed by atoms with Gasteiger partial charge in [0.25, 0.3) is 5.91 Å². The Morgan fingerprint density at radius 3 is 2.62 bits per heavy atom. The van der Waals surface area contributed by atoms with Gasteiger partial charge in [0.1, 0.15) is 5.75 Å². The van der Waals surface area contributed by atoms with Crippen molar-refractivity contribution in [2.24, 2.45) is 0 Å². The standard InChI is InChI=1S/C15H14Cl2N2O2/c1-8-3-5-11(16)14(13(8)17)19-15(20)10-7-9(21-2)4-6-12(10)18/h3-7H,18H2,1-2H3,(H,19,20). The van der Waals surface area contributed by atoms with E-state index in [0.717, 1.165) is 5.56 Å². The summed E-state index contributed by atoms with van der Waals surface area (Å²) < 4.78 is 5.09. The number of ether oxygens (including phenoxy) is 1. The van der Waals surface area contributed by atoms with Gasteiger partial charge in [0.05, 0.1) is 28.4 Å². The molecule has 0 heterocycles. The number of amides is 1. The summed E-state index contributed by atoms with van der Waals surface area (Å²) in [4.78, 5) is 12.4. The Labute approximate surface area is 132 Å². The van der Waals surface area contributed by atoms with E-state index in [4.69, 9.17) is 33.7 Å². The van der Waals surface area contributed by atoms with Crippen molar-refractivity contribution in [3.63, 3.8) is 0 Å². The fourth-order valence-corrected chi connectivity index (χ4v) is 2.28. The van der Waals surface area contributed by atoms with Crippen LogP contribution in [0.4, 0.5) is 11.4 Å². The van der Waals surface area contributed by atoms with Crippen molar-refractivity contribution in [3.05, 3.63) is 51.5 Å². The number of carbonyl (C=O) groups is 1. The quantitative estimate of drug-likeness (QED) is 0.834. The van der Waals surface area contributed by atoms with E-state index < -0.39 is 5.91 Å². The number of methoxy groups -OCH3 is 1. The van der Waals surface area contributed by atoms with Crippen molar-refractivity contribution in [3.8, 4) is 5.75 Å². The lowest BCUT2D eigenvalue weighted by atomic mass is 10.1. The molecule has 0 aliphatic rings. The van der Waals surface area contributed by atoms with Crippen LogP contribution in [0.25, 0.3) is 0 Å². The van der Waals surface area contributed by atoms with Crippen molar-refractivity contribution < 1.29 is 9.53 Å². The Kier molecular flexibility index (Phi) is 4.60. The second kappa shape index (κ2) is 6.24. The molecule has 0 fully saturated rings. The molecule has 4 nitrogen and oxygen atoms in total. The van der Waals surface area contributed by atoms with E-state index in [1.165, 1.54) is 7.11 Å². The first kappa shape index (κ1) is 15.5. The molecular weight excluding hydrogens is 311 g/mol. The van der Waals surface area contributed by atoms with Gasteiger partial charge in [-0.2, -0.15) is 0 Å². The summed E-state index contributed by atoms with van der Waals surface area (Å²) in [5, 5.41) is 3.45. The van der Waals surface area contributed by atoms with Gasteiger partial charge < -0.3 is 15.8 Å². The third kappa shape index (κ3) is 3.23. The summed E-state index contributed by atoms with van der Waals surface area (Å²) in [5.41, 5.74) is 7.64. The molecule has 0 saturated carbocycles. The lowest BCUT2D eigenvalue weighted by Crippen LogP contribution is -2.15.